The number of aryl methyl sites for hydroxylation is 1. The Kier molecular flexibility index (Phi) is 5.56. The Morgan fingerprint density at radius 2 is 2.21 bits per heavy atom. The van der Waals surface area contributed by atoms with Gasteiger partial charge in [-0.25, -0.2) is 0 Å². The summed E-state index contributed by atoms with van der Waals surface area (Å²) in [6.07, 6.45) is 1.10. The van der Waals surface area contributed by atoms with Crippen molar-refractivity contribution in [3.05, 3.63) is 32.5 Å². The molecule has 0 spiro atoms. The van der Waals surface area contributed by atoms with Crippen LogP contribution in [0.4, 0.5) is 0 Å². The summed E-state index contributed by atoms with van der Waals surface area (Å²) in [4.78, 5) is 2.75. The quantitative estimate of drug-likeness (QED) is 0.839. The first-order valence-electron chi connectivity index (χ1n) is 4.49. The number of thiophene rings is 1. The van der Waals surface area contributed by atoms with E-state index in [0.29, 0.717) is 11.6 Å². The average Bonchev–Trinajstić information content (AvgIpc) is 2.65. The van der Waals surface area contributed by atoms with Gasteiger partial charge in [0, 0.05) is 33.4 Å². The molecule has 0 atom stereocenters. The van der Waals surface area contributed by atoms with E-state index >= 15 is 0 Å². The lowest BCUT2D eigenvalue weighted by atomic mass is 10.3. The van der Waals surface area contributed by atoms with Crippen molar-refractivity contribution in [2.75, 3.05) is 6.54 Å². The van der Waals surface area contributed by atoms with E-state index in [0.717, 1.165) is 13.0 Å². The van der Waals surface area contributed by atoms with Gasteiger partial charge in [-0.3, -0.25) is 0 Å². The summed E-state index contributed by atoms with van der Waals surface area (Å²) in [7, 11) is 0. The Morgan fingerprint density at radius 1 is 1.50 bits per heavy atom. The molecule has 78 valence electrons. The number of hydrogen-bond donors (Lipinski definition) is 1. The van der Waals surface area contributed by atoms with Gasteiger partial charge in [-0.05, 0) is 18.6 Å². The molecule has 14 heavy (non-hydrogen) atoms. The smallest absolute Gasteiger partial charge is 0.0432 e. The van der Waals surface area contributed by atoms with Gasteiger partial charge in [-0.2, -0.15) is 0 Å². The molecule has 0 aliphatic heterocycles. The molecule has 0 saturated carbocycles. The Labute approximate surface area is 98.7 Å². The molecule has 1 N–H and O–H groups in total. The first kappa shape index (κ1) is 12.1. The van der Waals surface area contributed by atoms with Crippen LogP contribution in [-0.4, -0.2) is 6.54 Å². The molecule has 0 saturated heterocycles. The minimum Gasteiger partial charge on any atom is -0.307 e. The maximum Gasteiger partial charge on any atom is 0.0432 e. The van der Waals surface area contributed by atoms with Gasteiger partial charge in [0.25, 0.3) is 0 Å². The van der Waals surface area contributed by atoms with Crippen LogP contribution in [0.25, 0.3) is 0 Å². The molecule has 1 aromatic heterocycles. The van der Waals surface area contributed by atoms with Crippen molar-refractivity contribution in [3.63, 3.8) is 0 Å². The monoisotopic (exact) mass is 249 g/mol. The highest BCUT2D eigenvalue weighted by atomic mass is 35.5. The minimum absolute atomic E-state index is 0.629. The fourth-order valence-corrected chi connectivity index (χ4v) is 2.15. The second-order valence-corrected chi connectivity index (χ2v) is 4.84. The van der Waals surface area contributed by atoms with Crippen LogP contribution in [0.5, 0.6) is 0 Å². The van der Waals surface area contributed by atoms with Crippen LogP contribution in [0.3, 0.4) is 0 Å². The molecule has 0 fully saturated rings. The van der Waals surface area contributed by atoms with Crippen LogP contribution in [-0.2, 0) is 13.0 Å². The van der Waals surface area contributed by atoms with Crippen molar-refractivity contribution in [1.29, 1.82) is 0 Å². The predicted octanol–water partition coefficient (Wildman–Crippen LogP) is 3.72. The maximum absolute atomic E-state index is 5.73. The maximum atomic E-state index is 5.73. The van der Waals surface area contributed by atoms with Gasteiger partial charge >= 0.3 is 0 Å². The standard InChI is InChI=1S/C10H13Cl2NS/c1-2-9-3-4-10(14-9)7-13-6-8(12)5-11/h3-5,13H,2,6-7H2,1H3/b8-5-. The van der Waals surface area contributed by atoms with E-state index < -0.39 is 0 Å². The summed E-state index contributed by atoms with van der Waals surface area (Å²) >= 11 is 13.0. The third-order valence-corrected chi connectivity index (χ3v) is 3.62. The van der Waals surface area contributed by atoms with Gasteiger partial charge in [0.05, 0.1) is 0 Å². The normalized spacial score (nSPS) is 12.1. The van der Waals surface area contributed by atoms with E-state index in [9.17, 15) is 0 Å². The topological polar surface area (TPSA) is 12.0 Å². The summed E-state index contributed by atoms with van der Waals surface area (Å²) in [5.74, 6) is 0. The summed E-state index contributed by atoms with van der Waals surface area (Å²) in [5.41, 5.74) is 1.39. The van der Waals surface area contributed by atoms with Crippen molar-refractivity contribution in [1.82, 2.24) is 5.32 Å². The summed E-state index contributed by atoms with van der Waals surface area (Å²) in [6.45, 7) is 3.65. The fourth-order valence-electron chi connectivity index (χ4n) is 1.05. The highest BCUT2D eigenvalue weighted by Gasteiger charge is 1.98. The number of rotatable bonds is 5. The van der Waals surface area contributed by atoms with E-state index in [1.54, 1.807) is 0 Å². The van der Waals surface area contributed by atoms with Gasteiger partial charge in [0.15, 0.2) is 0 Å². The van der Waals surface area contributed by atoms with Crippen molar-refractivity contribution in [3.8, 4) is 0 Å². The van der Waals surface area contributed by atoms with Crippen molar-refractivity contribution in [2.24, 2.45) is 0 Å². The lowest BCUT2D eigenvalue weighted by molar-refractivity contribution is 0.764. The van der Waals surface area contributed by atoms with Gasteiger partial charge in [-0.15, -0.1) is 11.3 Å². The van der Waals surface area contributed by atoms with Crippen LogP contribution >= 0.6 is 34.5 Å². The molecule has 1 heterocycles. The minimum atomic E-state index is 0.629. The SMILES string of the molecule is CCc1ccc(CNC/C(Cl)=C/Cl)s1. The summed E-state index contributed by atoms with van der Waals surface area (Å²) in [6, 6.07) is 4.31. The van der Waals surface area contributed by atoms with E-state index in [-0.39, 0.29) is 0 Å². The Balaban J connectivity index is 2.31. The molecule has 0 aliphatic rings. The third-order valence-electron chi connectivity index (χ3n) is 1.78. The molecular weight excluding hydrogens is 237 g/mol. The number of nitrogens with one attached hydrogen (secondary N) is 1. The van der Waals surface area contributed by atoms with Crippen LogP contribution in [0.1, 0.15) is 16.7 Å². The Hall–Kier alpha value is -0.0200. The van der Waals surface area contributed by atoms with Crippen molar-refractivity contribution in [2.45, 2.75) is 19.9 Å². The average molecular weight is 250 g/mol. The summed E-state index contributed by atoms with van der Waals surface area (Å²) in [5, 5.41) is 3.85. The molecule has 1 nitrogen and oxygen atoms in total. The molecule has 4 heteroatoms. The zero-order valence-corrected chi connectivity index (χ0v) is 10.3. The molecule has 0 unspecified atom stereocenters. The van der Waals surface area contributed by atoms with Crippen LogP contribution in [0.2, 0.25) is 0 Å². The lowest BCUT2D eigenvalue weighted by Gasteiger charge is -2.00. The highest BCUT2D eigenvalue weighted by molar-refractivity contribution is 7.11. The van der Waals surface area contributed by atoms with Crippen LogP contribution in [0, 0.1) is 0 Å². The van der Waals surface area contributed by atoms with Gasteiger partial charge in [0.1, 0.15) is 0 Å². The first-order chi connectivity index (χ1) is 6.76. The molecule has 0 aliphatic carbocycles. The molecule has 0 radical (unpaired) electrons. The summed E-state index contributed by atoms with van der Waals surface area (Å²) < 4.78 is 0. The number of hydrogen-bond acceptors (Lipinski definition) is 2. The van der Waals surface area contributed by atoms with Crippen molar-refractivity contribution >= 4 is 34.5 Å². The zero-order valence-electron chi connectivity index (χ0n) is 8.02. The van der Waals surface area contributed by atoms with Gasteiger partial charge < -0.3 is 5.32 Å². The van der Waals surface area contributed by atoms with Gasteiger partial charge in [0.2, 0.25) is 0 Å². The first-order valence-corrected chi connectivity index (χ1v) is 6.12. The molecular formula is C10H13Cl2NS. The van der Waals surface area contributed by atoms with E-state index in [1.165, 1.54) is 15.3 Å². The van der Waals surface area contributed by atoms with E-state index in [4.69, 9.17) is 23.2 Å². The second-order valence-electron chi connectivity index (χ2n) is 2.88. The fraction of sp³-hybridized carbons (Fsp3) is 0.400. The van der Waals surface area contributed by atoms with Crippen LogP contribution < -0.4 is 5.32 Å². The molecule has 1 aromatic rings. The van der Waals surface area contributed by atoms with E-state index in [2.05, 4.69) is 24.4 Å². The molecule has 1 rings (SSSR count). The molecule has 0 bridgehead atoms. The second kappa shape index (κ2) is 6.46. The lowest BCUT2D eigenvalue weighted by Crippen LogP contribution is -2.13. The molecule has 0 amide bonds. The Bertz CT molecular complexity index is 307. The predicted molar refractivity (Wildman–Crippen MR) is 65.2 cm³/mol. The Morgan fingerprint density at radius 3 is 2.79 bits per heavy atom. The zero-order chi connectivity index (χ0) is 10.4. The highest BCUT2D eigenvalue weighted by Crippen LogP contribution is 2.16. The van der Waals surface area contributed by atoms with Crippen molar-refractivity contribution < 1.29 is 0 Å². The largest absolute Gasteiger partial charge is 0.307 e. The third kappa shape index (κ3) is 4.01. The number of halogens is 2. The van der Waals surface area contributed by atoms with E-state index in [1.807, 2.05) is 11.3 Å². The van der Waals surface area contributed by atoms with Crippen LogP contribution in [0.15, 0.2) is 22.7 Å². The molecule has 0 aromatic carbocycles. The van der Waals surface area contributed by atoms with Gasteiger partial charge in [-0.1, -0.05) is 30.1 Å².